The number of hydrogen-bond donors (Lipinski definition) is 1. The molecule has 0 spiro atoms. The highest BCUT2D eigenvalue weighted by atomic mass is 16.5. The smallest absolute Gasteiger partial charge is 0.335 e. The van der Waals surface area contributed by atoms with Crippen LogP contribution >= 0.6 is 0 Å². The van der Waals surface area contributed by atoms with Gasteiger partial charge < -0.3 is 9.84 Å². The Morgan fingerprint density at radius 3 is 2.83 bits per heavy atom. The van der Waals surface area contributed by atoms with Crippen molar-refractivity contribution in [3.63, 3.8) is 0 Å². The van der Waals surface area contributed by atoms with Crippen molar-refractivity contribution in [2.24, 2.45) is 7.05 Å². The van der Waals surface area contributed by atoms with Crippen molar-refractivity contribution in [1.29, 1.82) is 0 Å². The van der Waals surface area contributed by atoms with Gasteiger partial charge in [-0.15, -0.1) is 0 Å². The molecule has 18 heavy (non-hydrogen) atoms. The van der Waals surface area contributed by atoms with Gasteiger partial charge in [0.05, 0.1) is 5.56 Å². The van der Waals surface area contributed by atoms with E-state index >= 15 is 0 Å². The third-order valence-corrected chi connectivity index (χ3v) is 2.58. The fourth-order valence-corrected chi connectivity index (χ4v) is 1.54. The van der Waals surface area contributed by atoms with E-state index in [1.54, 1.807) is 30.8 Å². The molecule has 0 saturated carbocycles. The molecule has 0 aliphatic rings. The molecule has 94 valence electrons. The summed E-state index contributed by atoms with van der Waals surface area (Å²) in [5.74, 6) is 0.401. The van der Waals surface area contributed by atoms with Crippen molar-refractivity contribution in [2.45, 2.75) is 13.5 Å². The average molecular weight is 247 g/mol. The van der Waals surface area contributed by atoms with E-state index in [-0.39, 0.29) is 5.56 Å². The highest BCUT2D eigenvalue weighted by molar-refractivity contribution is 5.88. The van der Waals surface area contributed by atoms with E-state index in [0.29, 0.717) is 18.2 Å². The monoisotopic (exact) mass is 247 g/mol. The molecule has 0 radical (unpaired) electrons. The maximum absolute atomic E-state index is 10.8. The summed E-state index contributed by atoms with van der Waals surface area (Å²) in [7, 11) is 1.78. The number of rotatable bonds is 4. The summed E-state index contributed by atoms with van der Waals surface area (Å²) in [6.45, 7) is 2.10. The van der Waals surface area contributed by atoms with E-state index in [1.165, 1.54) is 12.4 Å². The lowest BCUT2D eigenvalue weighted by atomic mass is 10.1. The van der Waals surface area contributed by atoms with Crippen LogP contribution in [0.4, 0.5) is 0 Å². The van der Waals surface area contributed by atoms with Crippen LogP contribution in [0.3, 0.4) is 0 Å². The molecule has 6 nitrogen and oxygen atoms in total. The maximum atomic E-state index is 10.8. The molecule has 0 bridgehead atoms. The number of benzene rings is 1. The van der Waals surface area contributed by atoms with Crippen LogP contribution in [0.15, 0.2) is 24.5 Å². The van der Waals surface area contributed by atoms with Crippen LogP contribution in [0.1, 0.15) is 21.7 Å². The molecule has 1 N–H and O–H groups in total. The topological polar surface area (TPSA) is 77.2 Å². The number of carboxylic acids is 1. The number of carbonyl (C=O) groups is 1. The van der Waals surface area contributed by atoms with Crippen LogP contribution in [0.25, 0.3) is 0 Å². The van der Waals surface area contributed by atoms with E-state index in [0.717, 1.165) is 5.56 Å². The lowest BCUT2D eigenvalue weighted by Gasteiger charge is -2.09. The van der Waals surface area contributed by atoms with Gasteiger partial charge in [-0.1, -0.05) is 0 Å². The van der Waals surface area contributed by atoms with Gasteiger partial charge >= 0.3 is 5.97 Å². The normalized spacial score (nSPS) is 10.3. The second kappa shape index (κ2) is 4.87. The fourth-order valence-electron chi connectivity index (χ4n) is 1.54. The number of aryl methyl sites for hydroxylation is 2. The standard InChI is InChI=1S/C12H13N3O3/c1-8-5-9(12(16)17)3-4-10(8)18-6-11-13-7-14-15(11)2/h3-5,7H,6H2,1-2H3,(H,16,17). The highest BCUT2D eigenvalue weighted by Gasteiger charge is 2.07. The number of nitrogens with zero attached hydrogens (tertiary/aromatic N) is 3. The van der Waals surface area contributed by atoms with Crippen LogP contribution in [-0.4, -0.2) is 25.8 Å². The molecule has 0 atom stereocenters. The first kappa shape index (κ1) is 12.1. The van der Waals surface area contributed by atoms with Crippen molar-refractivity contribution >= 4 is 5.97 Å². The van der Waals surface area contributed by atoms with Gasteiger partial charge in [0.25, 0.3) is 0 Å². The molecule has 2 aromatic rings. The maximum Gasteiger partial charge on any atom is 0.335 e. The van der Waals surface area contributed by atoms with Gasteiger partial charge in [0, 0.05) is 7.05 Å². The van der Waals surface area contributed by atoms with Gasteiger partial charge in [-0.3, -0.25) is 4.68 Å². The molecule has 0 saturated heterocycles. The number of hydrogen-bond acceptors (Lipinski definition) is 4. The molecule has 0 aliphatic heterocycles. The second-order valence-electron chi connectivity index (χ2n) is 3.87. The van der Waals surface area contributed by atoms with Crippen LogP contribution in [-0.2, 0) is 13.7 Å². The predicted molar refractivity (Wildman–Crippen MR) is 63.5 cm³/mol. The molecule has 1 heterocycles. The Kier molecular flexibility index (Phi) is 3.27. The Labute approximate surface area is 104 Å². The Balaban J connectivity index is 2.11. The molecule has 0 fully saturated rings. The van der Waals surface area contributed by atoms with Crippen molar-refractivity contribution in [3.8, 4) is 5.75 Å². The zero-order valence-corrected chi connectivity index (χ0v) is 10.1. The number of ether oxygens (including phenoxy) is 1. The Bertz CT molecular complexity index is 578. The third kappa shape index (κ3) is 2.48. The summed E-state index contributed by atoms with van der Waals surface area (Å²) in [4.78, 5) is 14.8. The number of aromatic carboxylic acids is 1. The van der Waals surface area contributed by atoms with Crippen LogP contribution < -0.4 is 4.74 Å². The summed E-state index contributed by atoms with van der Waals surface area (Å²) in [6, 6.07) is 4.74. The minimum Gasteiger partial charge on any atom is -0.485 e. The average Bonchev–Trinajstić information content (AvgIpc) is 2.73. The molecule has 0 unspecified atom stereocenters. The predicted octanol–water partition coefficient (Wildman–Crippen LogP) is 1.40. The van der Waals surface area contributed by atoms with Crippen molar-refractivity contribution in [3.05, 3.63) is 41.5 Å². The van der Waals surface area contributed by atoms with Crippen LogP contribution in [0, 0.1) is 6.92 Å². The number of carboxylic acid groups (broad SMARTS) is 1. The molecule has 1 aromatic carbocycles. The van der Waals surface area contributed by atoms with Crippen molar-refractivity contribution in [1.82, 2.24) is 14.8 Å². The Morgan fingerprint density at radius 1 is 1.50 bits per heavy atom. The van der Waals surface area contributed by atoms with E-state index < -0.39 is 5.97 Å². The Hall–Kier alpha value is -2.37. The molecule has 0 aliphatic carbocycles. The Morgan fingerprint density at radius 2 is 2.28 bits per heavy atom. The molecule has 6 heteroatoms. The zero-order chi connectivity index (χ0) is 13.1. The summed E-state index contributed by atoms with van der Waals surface area (Å²) < 4.78 is 7.21. The van der Waals surface area contributed by atoms with E-state index in [2.05, 4.69) is 10.1 Å². The van der Waals surface area contributed by atoms with Gasteiger partial charge in [-0.05, 0) is 30.7 Å². The minimum atomic E-state index is -0.946. The van der Waals surface area contributed by atoms with Crippen molar-refractivity contribution in [2.75, 3.05) is 0 Å². The molecule has 1 aromatic heterocycles. The highest BCUT2D eigenvalue weighted by Crippen LogP contribution is 2.20. The number of aromatic nitrogens is 3. The van der Waals surface area contributed by atoms with Gasteiger partial charge in [0.15, 0.2) is 5.82 Å². The lowest BCUT2D eigenvalue weighted by Crippen LogP contribution is -2.05. The first-order chi connectivity index (χ1) is 8.58. The SMILES string of the molecule is Cc1cc(C(=O)O)ccc1OCc1ncnn1C. The molecule has 2 rings (SSSR count). The van der Waals surface area contributed by atoms with Gasteiger partial charge in [-0.2, -0.15) is 5.10 Å². The van der Waals surface area contributed by atoms with Gasteiger partial charge in [-0.25, -0.2) is 9.78 Å². The summed E-state index contributed by atoms with van der Waals surface area (Å²) in [5.41, 5.74) is 1.02. The first-order valence-corrected chi connectivity index (χ1v) is 5.37. The third-order valence-electron chi connectivity index (χ3n) is 2.58. The van der Waals surface area contributed by atoms with Gasteiger partial charge in [0.1, 0.15) is 18.7 Å². The lowest BCUT2D eigenvalue weighted by molar-refractivity contribution is 0.0696. The second-order valence-corrected chi connectivity index (χ2v) is 3.87. The van der Waals surface area contributed by atoms with Gasteiger partial charge in [0.2, 0.25) is 0 Å². The molecule has 0 amide bonds. The van der Waals surface area contributed by atoms with E-state index in [4.69, 9.17) is 9.84 Å². The van der Waals surface area contributed by atoms with Crippen molar-refractivity contribution < 1.29 is 14.6 Å². The summed E-state index contributed by atoms with van der Waals surface area (Å²) in [6.07, 6.45) is 1.46. The quantitative estimate of drug-likeness (QED) is 0.883. The molecular weight excluding hydrogens is 234 g/mol. The summed E-state index contributed by atoms with van der Waals surface area (Å²) >= 11 is 0. The minimum absolute atomic E-state index is 0.249. The summed E-state index contributed by atoms with van der Waals surface area (Å²) in [5, 5.41) is 12.8. The fraction of sp³-hybridized carbons (Fsp3) is 0.250. The largest absolute Gasteiger partial charge is 0.485 e. The van der Waals surface area contributed by atoms with E-state index in [9.17, 15) is 4.79 Å². The van der Waals surface area contributed by atoms with Crippen LogP contribution in [0.2, 0.25) is 0 Å². The first-order valence-electron chi connectivity index (χ1n) is 5.37. The molecular formula is C12H13N3O3. The van der Waals surface area contributed by atoms with E-state index in [1.807, 2.05) is 0 Å². The van der Waals surface area contributed by atoms with Crippen LogP contribution in [0.5, 0.6) is 5.75 Å². The zero-order valence-electron chi connectivity index (χ0n) is 10.1.